The lowest BCUT2D eigenvalue weighted by molar-refractivity contribution is 0.0935. The summed E-state index contributed by atoms with van der Waals surface area (Å²) in [7, 11) is 2.01. The maximum absolute atomic E-state index is 13.0. The third-order valence-corrected chi connectivity index (χ3v) is 5.41. The van der Waals surface area contributed by atoms with E-state index in [2.05, 4.69) is 16.0 Å². The molecule has 4 aromatic rings. The van der Waals surface area contributed by atoms with Crippen molar-refractivity contribution in [2.75, 3.05) is 6.79 Å². The molecule has 0 saturated heterocycles. The fraction of sp³-hybridized carbons (Fsp3) is 0.167. The molecule has 6 heteroatoms. The molecule has 1 aliphatic rings. The number of aryl methyl sites for hydroxylation is 1. The van der Waals surface area contributed by atoms with E-state index in [4.69, 9.17) is 14.5 Å². The molecule has 3 aromatic carbocycles. The number of imidazole rings is 1. The maximum atomic E-state index is 13.0. The van der Waals surface area contributed by atoms with Crippen LogP contribution >= 0.6 is 0 Å². The molecule has 0 radical (unpaired) electrons. The monoisotopic (exact) mass is 399 g/mol. The van der Waals surface area contributed by atoms with Crippen LogP contribution < -0.4 is 14.8 Å². The van der Waals surface area contributed by atoms with E-state index < -0.39 is 0 Å². The minimum atomic E-state index is -0.223. The fourth-order valence-electron chi connectivity index (χ4n) is 3.78. The van der Waals surface area contributed by atoms with Gasteiger partial charge in [0.25, 0.3) is 5.91 Å². The highest BCUT2D eigenvalue weighted by atomic mass is 16.7. The zero-order valence-electron chi connectivity index (χ0n) is 16.5. The number of nitrogens with zero attached hydrogens (tertiary/aromatic N) is 2. The van der Waals surface area contributed by atoms with E-state index in [1.54, 1.807) is 18.2 Å². The van der Waals surface area contributed by atoms with Crippen LogP contribution in [0.2, 0.25) is 0 Å². The molecule has 0 spiro atoms. The Morgan fingerprint density at radius 2 is 1.80 bits per heavy atom. The number of rotatable bonds is 5. The predicted octanol–water partition coefficient (Wildman–Crippen LogP) is 4.02. The van der Waals surface area contributed by atoms with E-state index >= 15 is 0 Å². The van der Waals surface area contributed by atoms with Gasteiger partial charge in [-0.25, -0.2) is 4.98 Å². The smallest absolute Gasteiger partial charge is 0.251 e. The summed E-state index contributed by atoms with van der Waals surface area (Å²) in [6.07, 6.45) is 0.575. The van der Waals surface area contributed by atoms with Crippen LogP contribution in [0.1, 0.15) is 27.8 Å². The van der Waals surface area contributed by atoms with Gasteiger partial charge in [-0.2, -0.15) is 0 Å². The third kappa shape index (κ3) is 3.37. The molecule has 1 aromatic heterocycles. The molecule has 2 heterocycles. The average Bonchev–Trinajstić information content (AvgIpc) is 3.38. The summed E-state index contributed by atoms with van der Waals surface area (Å²) >= 11 is 0. The molecule has 6 nitrogen and oxygen atoms in total. The van der Waals surface area contributed by atoms with Gasteiger partial charge in [0.2, 0.25) is 6.79 Å². The fourth-order valence-corrected chi connectivity index (χ4v) is 3.78. The van der Waals surface area contributed by atoms with Gasteiger partial charge < -0.3 is 19.4 Å². The zero-order chi connectivity index (χ0) is 20.5. The topological polar surface area (TPSA) is 65.4 Å². The Hall–Kier alpha value is -3.80. The molecule has 1 N–H and O–H groups in total. The van der Waals surface area contributed by atoms with Crippen LogP contribution in [0.15, 0.2) is 72.8 Å². The van der Waals surface area contributed by atoms with Crippen LogP contribution in [0.4, 0.5) is 0 Å². The van der Waals surface area contributed by atoms with Crippen LogP contribution in [-0.4, -0.2) is 22.3 Å². The van der Waals surface area contributed by atoms with Crippen LogP contribution in [0.5, 0.6) is 11.5 Å². The van der Waals surface area contributed by atoms with Crippen molar-refractivity contribution in [1.29, 1.82) is 0 Å². The Morgan fingerprint density at radius 3 is 2.63 bits per heavy atom. The molecule has 5 rings (SSSR count). The second-order valence-electron chi connectivity index (χ2n) is 7.28. The van der Waals surface area contributed by atoms with Crippen LogP contribution in [0, 0.1) is 0 Å². The molecule has 30 heavy (non-hydrogen) atoms. The van der Waals surface area contributed by atoms with Crippen molar-refractivity contribution in [2.24, 2.45) is 7.05 Å². The molecule has 0 unspecified atom stereocenters. The molecule has 1 amide bonds. The number of amides is 1. The van der Waals surface area contributed by atoms with Crippen molar-refractivity contribution in [3.8, 4) is 11.5 Å². The van der Waals surface area contributed by atoms with Crippen LogP contribution in [-0.2, 0) is 13.5 Å². The van der Waals surface area contributed by atoms with Crippen molar-refractivity contribution in [1.82, 2.24) is 14.9 Å². The summed E-state index contributed by atoms with van der Waals surface area (Å²) in [6.45, 7) is 0.180. The Labute approximate surface area is 174 Å². The minimum absolute atomic E-state index is 0.166. The Morgan fingerprint density at radius 1 is 1.03 bits per heavy atom. The largest absolute Gasteiger partial charge is 0.454 e. The molecule has 1 aliphatic heterocycles. The van der Waals surface area contributed by atoms with E-state index in [1.165, 1.54) is 0 Å². The summed E-state index contributed by atoms with van der Waals surface area (Å²) in [5.74, 6) is 2.00. The van der Waals surface area contributed by atoms with Gasteiger partial charge in [-0.15, -0.1) is 0 Å². The van der Waals surface area contributed by atoms with Gasteiger partial charge in [0.15, 0.2) is 11.5 Å². The van der Waals surface area contributed by atoms with Gasteiger partial charge in [-0.05, 0) is 35.9 Å². The number of aromatic nitrogens is 2. The Balaban J connectivity index is 1.45. The van der Waals surface area contributed by atoms with Gasteiger partial charge in [0.05, 0.1) is 17.1 Å². The predicted molar refractivity (Wildman–Crippen MR) is 114 cm³/mol. The summed E-state index contributed by atoms with van der Waals surface area (Å²) in [5.41, 5.74) is 3.58. The normalized spacial score (nSPS) is 13.4. The van der Waals surface area contributed by atoms with Crippen LogP contribution in [0.3, 0.4) is 0 Å². The highest BCUT2D eigenvalue weighted by Gasteiger charge is 2.21. The molecular formula is C24H21N3O3. The highest BCUT2D eigenvalue weighted by Crippen LogP contribution is 2.32. The Kier molecular flexibility index (Phi) is 4.59. The quantitative estimate of drug-likeness (QED) is 0.551. The third-order valence-electron chi connectivity index (χ3n) is 5.41. The van der Waals surface area contributed by atoms with Crippen LogP contribution in [0.25, 0.3) is 11.0 Å². The van der Waals surface area contributed by atoms with Gasteiger partial charge in [-0.1, -0.05) is 42.5 Å². The number of hydrogen-bond acceptors (Lipinski definition) is 4. The average molecular weight is 399 g/mol. The summed E-state index contributed by atoms with van der Waals surface area (Å²) < 4.78 is 12.8. The second-order valence-corrected chi connectivity index (χ2v) is 7.28. The van der Waals surface area contributed by atoms with E-state index in [0.717, 1.165) is 22.4 Å². The van der Waals surface area contributed by atoms with E-state index in [1.807, 2.05) is 55.6 Å². The number of hydrogen-bond donors (Lipinski definition) is 1. The van der Waals surface area contributed by atoms with E-state index in [-0.39, 0.29) is 18.7 Å². The minimum Gasteiger partial charge on any atom is -0.454 e. The number of carbonyl (C=O) groups is 1. The summed E-state index contributed by atoms with van der Waals surface area (Å²) in [4.78, 5) is 17.8. The summed E-state index contributed by atoms with van der Waals surface area (Å²) in [6, 6.07) is 23.0. The lowest BCUT2D eigenvalue weighted by Gasteiger charge is -2.19. The first kappa shape index (κ1) is 18.2. The van der Waals surface area contributed by atoms with E-state index in [0.29, 0.717) is 23.5 Å². The zero-order valence-corrected chi connectivity index (χ0v) is 16.5. The first-order valence-electron chi connectivity index (χ1n) is 9.85. The SMILES string of the molecule is Cn1c(C[C@H](NC(=O)c2ccc3c(c2)OCO3)c2ccccc2)nc2ccccc21. The van der Waals surface area contributed by atoms with Crippen molar-refractivity contribution in [2.45, 2.75) is 12.5 Å². The second kappa shape index (κ2) is 7.55. The van der Waals surface area contributed by atoms with Crippen molar-refractivity contribution in [3.05, 3.63) is 89.7 Å². The first-order valence-corrected chi connectivity index (χ1v) is 9.85. The number of ether oxygens (including phenoxy) is 2. The van der Waals surface area contributed by atoms with E-state index in [9.17, 15) is 4.79 Å². The summed E-state index contributed by atoms with van der Waals surface area (Å²) in [5, 5.41) is 3.17. The highest BCUT2D eigenvalue weighted by molar-refractivity contribution is 5.95. The van der Waals surface area contributed by atoms with Gasteiger partial charge in [-0.3, -0.25) is 4.79 Å². The Bertz CT molecular complexity index is 1220. The van der Waals surface area contributed by atoms with Crippen molar-refractivity contribution >= 4 is 16.9 Å². The maximum Gasteiger partial charge on any atom is 0.251 e. The van der Waals surface area contributed by atoms with Gasteiger partial charge >= 0.3 is 0 Å². The molecule has 0 fully saturated rings. The van der Waals surface area contributed by atoms with Gasteiger partial charge in [0, 0.05) is 19.0 Å². The molecule has 150 valence electrons. The molecule has 0 bridgehead atoms. The molecule has 0 aliphatic carbocycles. The standard InChI is InChI=1S/C24H21N3O3/c1-27-20-10-6-5-9-18(20)25-23(27)14-19(16-7-3-2-4-8-16)26-24(28)17-11-12-21-22(13-17)30-15-29-21/h2-13,19H,14-15H2,1H3,(H,26,28)/t19-/m0/s1. The number of nitrogens with one attached hydrogen (secondary N) is 1. The van der Waals surface area contributed by atoms with Crippen molar-refractivity contribution < 1.29 is 14.3 Å². The molecule has 0 saturated carbocycles. The van der Waals surface area contributed by atoms with Gasteiger partial charge in [0.1, 0.15) is 5.82 Å². The first-order chi connectivity index (χ1) is 14.7. The lowest BCUT2D eigenvalue weighted by atomic mass is 10.0. The number of benzene rings is 3. The molecule has 1 atom stereocenters. The number of para-hydroxylation sites is 2. The lowest BCUT2D eigenvalue weighted by Crippen LogP contribution is -2.30. The number of carbonyl (C=O) groups excluding carboxylic acids is 1. The number of fused-ring (bicyclic) bond motifs is 2. The molecular weight excluding hydrogens is 378 g/mol. The van der Waals surface area contributed by atoms with Crippen molar-refractivity contribution in [3.63, 3.8) is 0 Å².